The normalized spacial score (nSPS) is 17.1. The van der Waals surface area contributed by atoms with Gasteiger partial charge in [0, 0.05) is 25.2 Å². The van der Waals surface area contributed by atoms with Gasteiger partial charge in [-0.15, -0.1) is 0 Å². The maximum atomic E-state index is 14.0. The molecule has 0 radical (unpaired) electrons. The first kappa shape index (κ1) is 17.7. The van der Waals surface area contributed by atoms with Crippen LogP contribution in [-0.4, -0.2) is 32.3 Å². The molecule has 0 aliphatic carbocycles. The third kappa shape index (κ3) is 4.10. The summed E-state index contributed by atoms with van der Waals surface area (Å²) in [6, 6.07) is 10.2. The molecule has 1 saturated heterocycles. The number of benzene rings is 2. The summed E-state index contributed by atoms with van der Waals surface area (Å²) in [6.45, 7) is 4.96. The van der Waals surface area contributed by atoms with Crippen molar-refractivity contribution in [3.8, 4) is 17.2 Å². The molecule has 130 valence electrons. The fourth-order valence-corrected chi connectivity index (χ4v) is 3.14. The van der Waals surface area contributed by atoms with Crippen LogP contribution in [0.25, 0.3) is 11.1 Å². The third-order valence-electron chi connectivity index (χ3n) is 4.14. The minimum absolute atomic E-state index is 0.0211. The minimum Gasteiger partial charge on any atom is -0.381 e. The highest BCUT2D eigenvalue weighted by atomic mass is 35.5. The molecule has 0 bridgehead atoms. The molecule has 1 heterocycles. The largest absolute Gasteiger partial charge is 0.381 e. The van der Waals surface area contributed by atoms with E-state index in [0.29, 0.717) is 23.7 Å². The number of nitriles is 1. The van der Waals surface area contributed by atoms with Crippen LogP contribution in [0.15, 0.2) is 30.3 Å². The van der Waals surface area contributed by atoms with Crippen LogP contribution < -0.4 is 10.6 Å². The highest BCUT2D eigenvalue weighted by Gasteiger charge is 2.16. The van der Waals surface area contributed by atoms with Crippen molar-refractivity contribution in [3.05, 3.63) is 52.3 Å². The Kier molecular flexibility index (Phi) is 5.54. The number of hydrogen-bond acceptors (Lipinski definition) is 4. The van der Waals surface area contributed by atoms with Gasteiger partial charge in [0.05, 0.1) is 29.0 Å². The summed E-state index contributed by atoms with van der Waals surface area (Å²) in [6.07, 6.45) is 0.0844. The molecular weight excluding hydrogens is 341 g/mol. The fraction of sp³-hybridized carbons (Fsp3) is 0.316. The van der Waals surface area contributed by atoms with E-state index in [-0.39, 0.29) is 11.7 Å². The van der Waals surface area contributed by atoms with Gasteiger partial charge in [0.2, 0.25) is 0 Å². The van der Waals surface area contributed by atoms with E-state index in [4.69, 9.17) is 21.6 Å². The van der Waals surface area contributed by atoms with Crippen LogP contribution in [0.4, 0.5) is 10.1 Å². The highest BCUT2D eigenvalue weighted by Crippen LogP contribution is 2.35. The van der Waals surface area contributed by atoms with E-state index in [1.54, 1.807) is 6.07 Å². The molecule has 1 atom stereocenters. The van der Waals surface area contributed by atoms with Crippen molar-refractivity contribution in [3.63, 3.8) is 0 Å². The minimum atomic E-state index is -0.547. The van der Waals surface area contributed by atoms with Crippen molar-refractivity contribution in [2.75, 3.05) is 31.6 Å². The van der Waals surface area contributed by atoms with Crippen molar-refractivity contribution in [2.24, 2.45) is 0 Å². The lowest BCUT2D eigenvalue weighted by Crippen LogP contribution is -2.42. The van der Waals surface area contributed by atoms with Crippen molar-refractivity contribution < 1.29 is 9.13 Å². The van der Waals surface area contributed by atoms with Gasteiger partial charge in [-0.05, 0) is 42.3 Å². The zero-order chi connectivity index (χ0) is 17.8. The number of aryl methyl sites for hydroxylation is 1. The van der Waals surface area contributed by atoms with Gasteiger partial charge >= 0.3 is 0 Å². The maximum Gasteiger partial charge on any atom is 0.141 e. The van der Waals surface area contributed by atoms with E-state index >= 15 is 0 Å². The molecule has 2 aromatic rings. The van der Waals surface area contributed by atoms with E-state index < -0.39 is 5.82 Å². The summed E-state index contributed by atoms with van der Waals surface area (Å²) in [4.78, 5) is 0. The summed E-state index contributed by atoms with van der Waals surface area (Å²) in [5.41, 5.74) is 3.19. The monoisotopic (exact) mass is 359 g/mol. The second-order valence-corrected chi connectivity index (χ2v) is 6.44. The molecule has 25 heavy (non-hydrogen) atoms. The predicted octanol–water partition coefficient (Wildman–Crippen LogP) is 3.73. The standard InChI is InChI=1S/C19H19ClFN3O/c1-12-6-16(13-2-3-14(9-22)17(21)8-13)19(20)18(7-12)24-11-15-10-23-4-5-25-15/h2-3,6-8,15,23-24H,4-5,10-11H2,1H3/t15-/m0/s1. The van der Waals surface area contributed by atoms with Crippen molar-refractivity contribution >= 4 is 17.3 Å². The zero-order valence-corrected chi connectivity index (χ0v) is 14.7. The molecule has 1 fully saturated rings. The quantitative estimate of drug-likeness (QED) is 0.873. The molecule has 0 unspecified atom stereocenters. The van der Waals surface area contributed by atoms with Crippen LogP contribution in [0.5, 0.6) is 0 Å². The summed E-state index contributed by atoms with van der Waals surface area (Å²) >= 11 is 6.55. The number of hydrogen-bond donors (Lipinski definition) is 2. The first-order valence-corrected chi connectivity index (χ1v) is 8.52. The van der Waals surface area contributed by atoms with Crippen molar-refractivity contribution in [1.29, 1.82) is 5.26 Å². The highest BCUT2D eigenvalue weighted by molar-refractivity contribution is 6.36. The summed E-state index contributed by atoms with van der Waals surface area (Å²) in [5.74, 6) is -0.547. The Morgan fingerprint density at radius 2 is 2.24 bits per heavy atom. The molecule has 0 amide bonds. The molecule has 1 aliphatic rings. The van der Waals surface area contributed by atoms with E-state index in [9.17, 15) is 4.39 Å². The van der Waals surface area contributed by atoms with Crippen LogP contribution in [0, 0.1) is 24.1 Å². The summed E-state index contributed by atoms with van der Waals surface area (Å²) in [7, 11) is 0. The fourth-order valence-electron chi connectivity index (χ4n) is 2.86. The van der Waals surface area contributed by atoms with Crippen LogP contribution in [0.1, 0.15) is 11.1 Å². The Morgan fingerprint density at radius 1 is 1.40 bits per heavy atom. The molecule has 0 aromatic heterocycles. The van der Waals surface area contributed by atoms with Gasteiger partial charge in [0.1, 0.15) is 11.9 Å². The number of nitrogens with one attached hydrogen (secondary N) is 2. The van der Waals surface area contributed by atoms with E-state index in [1.807, 2.05) is 25.1 Å². The maximum absolute atomic E-state index is 14.0. The number of halogens is 2. The Morgan fingerprint density at radius 3 is 2.92 bits per heavy atom. The lowest BCUT2D eigenvalue weighted by Gasteiger charge is -2.24. The molecule has 1 aliphatic heterocycles. The average Bonchev–Trinajstić information content (AvgIpc) is 2.63. The van der Waals surface area contributed by atoms with Crippen LogP contribution in [-0.2, 0) is 4.74 Å². The van der Waals surface area contributed by atoms with E-state index in [0.717, 1.165) is 29.9 Å². The molecule has 6 heteroatoms. The molecule has 0 spiro atoms. The Labute approximate surface area is 151 Å². The lowest BCUT2D eigenvalue weighted by atomic mass is 10.0. The number of morpholine rings is 1. The van der Waals surface area contributed by atoms with Crippen LogP contribution in [0.3, 0.4) is 0 Å². The van der Waals surface area contributed by atoms with Gasteiger partial charge in [-0.3, -0.25) is 0 Å². The average molecular weight is 360 g/mol. The van der Waals surface area contributed by atoms with E-state index in [1.165, 1.54) is 12.1 Å². The van der Waals surface area contributed by atoms with Crippen molar-refractivity contribution in [2.45, 2.75) is 13.0 Å². The SMILES string of the molecule is Cc1cc(NC[C@@H]2CNCCO2)c(Cl)c(-c2ccc(C#N)c(F)c2)c1. The zero-order valence-electron chi connectivity index (χ0n) is 13.9. The van der Waals surface area contributed by atoms with Gasteiger partial charge < -0.3 is 15.4 Å². The Balaban J connectivity index is 1.86. The lowest BCUT2D eigenvalue weighted by molar-refractivity contribution is 0.0372. The van der Waals surface area contributed by atoms with Crippen LogP contribution >= 0.6 is 11.6 Å². The van der Waals surface area contributed by atoms with Gasteiger partial charge in [-0.2, -0.15) is 5.26 Å². The predicted molar refractivity (Wildman–Crippen MR) is 97.4 cm³/mol. The third-order valence-corrected chi connectivity index (χ3v) is 4.55. The topological polar surface area (TPSA) is 57.1 Å². The summed E-state index contributed by atoms with van der Waals surface area (Å²) < 4.78 is 19.6. The second-order valence-electron chi connectivity index (χ2n) is 6.06. The number of anilines is 1. The number of ether oxygens (including phenoxy) is 1. The van der Waals surface area contributed by atoms with E-state index in [2.05, 4.69) is 10.6 Å². The van der Waals surface area contributed by atoms with Crippen molar-refractivity contribution in [1.82, 2.24) is 5.32 Å². The van der Waals surface area contributed by atoms with Gasteiger partial charge in [-0.25, -0.2) is 4.39 Å². The molecule has 3 rings (SSSR count). The molecule has 0 saturated carbocycles. The Bertz CT molecular complexity index is 813. The number of nitrogens with zero attached hydrogens (tertiary/aromatic N) is 1. The smallest absolute Gasteiger partial charge is 0.141 e. The second kappa shape index (κ2) is 7.83. The number of rotatable bonds is 4. The molecule has 2 N–H and O–H groups in total. The Hall–Kier alpha value is -2.13. The van der Waals surface area contributed by atoms with Gasteiger partial charge in [-0.1, -0.05) is 17.7 Å². The van der Waals surface area contributed by atoms with Crippen LogP contribution in [0.2, 0.25) is 5.02 Å². The molecular formula is C19H19ClFN3O. The first-order chi connectivity index (χ1) is 12.1. The van der Waals surface area contributed by atoms with Gasteiger partial charge in [0.25, 0.3) is 0 Å². The first-order valence-electron chi connectivity index (χ1n) is 8.15. The molecule has 4 nitrogen and oxygen atoms in total. The molecule has 2 aromatic carbocycles. The van der Waals surface area contributed by atoms with Gasteiger partial charge in [0.15, 0.2) is 0 Å². The summed E-state index contributed by atoms with van der Waals surface area (Å²) in [5, 5.41) is 16.0.